The largest absolute Gasteiger partial charge is 0.495 e. The Morgan fingerprint density at radius 3 is 2.96 bits per heavy atom. The summed E-state index contributed by atoms with van der Waals surface area (Å²) < 4.78 is 5.25. The Morgan fingerprint density at radius 2 is 2.17 bits per heavy atom. The van der Waals surface area contributed by atoms with Gasteiger partial charge < -0.3 is 15.4 Å². The summed E-state index contributed by atoms with van der Waals surface area (Å²) in [6.45, 7) is 2.31. The van der Waals surface area contributed by atoms with Gasteiger partial charge in [0.05, 0.1) is 19.3 Å². The molecule has 2 fully saturated rings. The number of likely N-dealkylation sites (tertiary alicyclic amines) is 1. The van der Waals surface area contributed by atoms with Crippen LogP contribution in [0.2, 0.25) is 5.02 Å². The first kappa shape index (κ1) is 18.3. The molecule has 0 spiro atoms. The molecular formula is C16H23Cl2N3O2. The highest BCUT2D eigenvalue weighted by Crippen LogP contribution is 2.27. The summed E-state index contributed by atoms with van der Waals surface area (Å²) in [5, 5.41) is 7.10. The predicted octanol–water partition coefficient (Wildman–Crippen LogP) is 2.54. The second-order valence-electron chi connectivity index (χ2n) is 6.05. The van der Waals surface area contributed by atoms with Crippen LogP contribution in [0, 0.1) is 0 Å². The fraction of sp³-hybridized carbons (Fsp3) is 0.562. The van der Waals surface area contributed by atoms with E-state index in [1.54, 1.807) is 25.3 Å². The van der Waals surface area contributed by atoms with Crippen LogP contribution in [-0.4, -0.2) is 49.6 Å². The number of rotatable bonds is 4. The first-order valence-corrected chi connectivity index (χ1v) is 8.13. The standard InChI is InChI=1S/C16H22ClN3O2.ClH/c1-22-15-5-2-11(17)8-14(15)19-16(21)10-20-7-6-12-3-4-13(9-20)18-12;/h2,5,8,12-13,18H,3-4,6-7,9-10H2,1H3,(H,19,21);1H. The molecule has 2 bridgehead atoms. The molecule has 0 aliphatic carbocycles. The van der Waals surface area contributed by atoms with Gasteiger partial charge in [0.15, 0.2) is 0 Å². The molecule has 0 radical (unpaired) electrons. The number of halogens is 2. The number of amides is 1. The fourth-order valence-electron chi connectivity index (χ4n) is 3.33. The van der Waals surface area contributed by atoms with Gasteiger partial charge in [0.25, 0.3) is 0 Å². The zero-order chi connectivity index (χ0) is 15.5. The topological polar surface area (TPSA) is 53.6 Å². The van der Waals surface area contributed by atoms with Crippen LogP contribution in [0.3, 0.4) is 0 Å². The number of nitrogens with zero attached hydrogens (tertiary/aromatic N) is 1. The number of carbonyl (C=O) groups excluding carboxylic acids is 1. The quantitative estimate of drug-likeness (QED) is 0.867. The molecule has 2 atom stereocenters. The second kappa shape index (κ2) is 8.20. The van der Waals surface area contributed by atoms with Crippen LogP contribution in [0.4, 0.5) is 5.69 Å². The van der Waals surface area contributed by atoms with E-state index in [-0.39, 0.29) is 18.3 Å². The number of ether oxygens (including phenoxy) is 1. The van der Waals surface area contributed by atoms with E-state index in [9.17, 15) is 4.79 Å². The third-order valence-corrected chi connectivity index (χ3v) is 4.65. The summed E-state index contributed by atoms with van der Waals surface area (Å²) in [7, 11) is 1.58. The minimum absolute atomic E-state index is 0. The lowest BCUT2D eigenvalue weighted by Gasteiger charge is -2.23. The van der Waals surface area contributed by atoms with Crippen LogP contribution in [0.25, 0.3) is 0 Å². The Kier molecular flexibility index (Phi) is 6.53. The van der Waals surface area contributed by atoms with Gasteiger partial charge in [0.2, 0.25) is 5.91 Å². The highest BCUT2D eigenvalue weighted by molar-refractivity contribution is 6.31. The number of hydrogen-bond donors (Lipinski definition) is 2. The summed E-state index contributed by atoms with van der Waals surface area (Å²) in [4.78, 5) is 14.5. The van der Waals surface area contributed by atoms with E-state index in [1.807, 2.05) is 0 Å². The number of hydrogen-bond acceptors (Lipinski definition) is 4. The molecule has 2 unspecified atom stereocenters. The van der Waals surface area contributed by atoms with Gasteiger partial charge >= 0.3 is 0 Å². The summed E-state index contributed by atoms with van der Waals surface area (Å²) >= 11 is 5.99. The summed E-state index contributed by atoms with van der Waals surface area (Å²) in [5.41, 5.74) is 0.620. The Labute approximate surface area is 148 Å². The van der Waals surface area contributed by atoms with Gasteiger partial charge in [-0.2, -0.15) is 0 Å². The summed E-state index contributed by atoms with van der Waals surface area (Å²) in [5.74, 6) is 0.590. The first-order chi connectivity index (χ1) is 10.6. The molecule has 2 N–H and O–H groups in total. The SMILES string of the molecule is COc1ccc(Cl)cc1NC(=O)CN1CCC2CCC(C1)N2.Cl. The van der Waals surface area contributed by atoms with Crippen molar-refractivity contribution in [1.29, 1.82) is 0 Å². The Bertz CT molecular complexity index is 556. The number of anilines is 1. The normalized spacial score (nSPS) is 23.7. The monoisotopic (exact) mass is 359 g/mol. The van der Waals surface area contributed by atoms with Gasteiger partial charge in [-0.3, -0.25) is 9.69 Å². The van der Waals surface area contributed by atoms with Crippen molar-refractivity contribution in [1.82, 2.24) is 10.2 Å². The van der Waals surface area contributed by atoms with E-state index in [0.29, 0.717) is 35.1 Å². The average Bonchev–Trinajstić information content (AvgIpc) is 2.82. The van der Waals surface area contributed by atoms with Crippen LogP contribution in [0.15, 0.2) is 18.2 Å². The predicted molar refractivity (Wildman–Crippen MR) is 94.9 cm³/mol. The first-order valence-electron chi connectivity index (χ1n) is 7.76. The van der Waals surface area contributed by atoms with Gasteiger partial charge in [0.1, 0.15) is 5.75 Å². The molecule has 3 rings (SSSR count). The Morgan fingerprint density at radius 1 is 1.39 bits per heavy atom. The Balaban J connectivity index is 0.00000192. The van der Waals surface area contributed by atoms with Gasteiger partial charge in [-0.25, -0.2) is 0 Å². The maximum atomic E-state index is 12.3. The third-order valence-electron chi connectivity index (χ3n) is 4.41. The van der Waals surface area contributed by atoms with E-state index >= 15 is 0 Å². The highest BCUT2D eigenvalue weighted by atomic mass is 35.5. The van der Waals surface area contributed by atoms with Gasteiger partial charge in [-0.15, -0.1) is 12.4 Å². The molecule has 23 heavy (non-hydrogen) atoms. The molecule has 0 aromatic heterocycles. The molecule has 7 heteroatoms. The van der Waals surface area contributed by atoms with Crippen LogP contribution in [-0.2, 0) is 4.79 Å². The van der Waals surface area contributed by atoms with Crippen LogP contribution in [0.1, 0.15) is 19.3 Å². The maximum Gasteiger partial charge on any atom is 0.238 e. The number of fused-ring (bicyclic) bond motifs is 2. The molecule has 1 aromatic rings. The molecule has 2 aliphatic heterocycles. The van der Waals surface area contributed by atoms with E-state index in [0.717, 1.165) is 19.5 Å². The lowest BCUT2D eigenvalue weighted by atomic mass is 10.1. The van der Waals surface area contributed by atoms with E-state index in [1.165, 1.54) is 12.8 Å². The van der Waals surface area contributed by atoms with E-state index < -0.39 is 0 Å². The van der Waals surface area contributed by atoms with Crippen molar-refractivity contribution in [2.75, 3.05) is 32.1 Å². The molecular weight excluding hydrogens is 337 g/mol. The van der Waals surface area contributed by atoms with Gasteiger partial charge in [0, 0.05) is 30.2 Å². The number of carbonyl (C=O) groups is 1. The average molecular weight is 360 g/mol. The van der Waals surface area contributed by atoms with Crippen molar-refractivity contribution >= 4 is 35.6 Å². The fourth-order valence-corrected chi connectivity index (χ4v) is 3.50. The Hall–Kier alpha value is -1.01. The molecule has 1 aromatic carbocycles. The summed E-state index contributed by atoms with van der Waals surface area (Å²) in [6, 6.07) is 6.37. The van der Waals surface area contributed by atoms with Gasteiger partial charge in [-0.05, 0) is 37.5 Å². The molecule has 128 valence electrons. The highest BCUT2D eigenvalue weighted by Gasteiger charge is 2.29. The smallest absolute Gasteiger partial charge is 0.238 e. The molecule has 2 heterocycles. The van der Waals surface area contributed by atoms with Crippen molar-refractivity contribution in [3.63, 3.8) is 0 Å². The van der Waals surface area contributed by atoms with E-state index in [4.69, 9.17) is 16.3 Å². The molecule has 1 amide bonds. The zero-order valence-electron chi connectivity index (χ0n) is 13.2. The summed E-state index contributed by atoms with van der Waals surface area (Å²) in [6.07, 6.45) is 3.60. The number of nitrogens with one attached hydrogen (secondary N) is 2. The van der Waals surface area contributed by atoms with Gasteiger partial charge in [-0.1, -0.05) is 11.6 Å². The van der Waals surface area contributed by atoms with Crippen molar-refractivity contribution < 1.29 is 9.53 Å². The minimum atomic E-state index is -0.0293. The van der Waals surface area contributed by atoms with E-state index in [2.05, 4.69) is 15.5 Å². The van der Waals surface area contributed by atoms with Crippen LogP contribution >= 0.6 is 24.0 Å². The molecule has 2 saturated heterocycles. The van der Waals surface area contributed by atoms with Crippen LogP contribution in [0.5, 0.6) is 5.75 Å². The zero-order valence-corrected chi connectivity index (χ0v) is 14.8. The molecule has 2 aliphatic rings. The third kappa shape index (κ3) is 4.73. The maximum absolute atomic E-state index is 12.3. The molecule has 5 nitrogen and oxygen atoms in total. The lowest BCUT2D eigenvalue weighted by molar-refractivity contribution is -0.117. The number of methoxy groups -OCH3 is 1. The second-order valence-corrected chi connectivity index (χ2v) is 6.49. The van der Waals surface area contributed by atoms with Crippen molar-refractivity contribution in [2.45, 2.75) is 31.3 Å². The number of benzene rings is 1. The lowest BCUT2D eigenvalue weighted by Crippen LogP contribution is -2.39. The van der Waals surface area contributed by atoms with Crippen molar-refractivity contribution in [3.05, 3.63) is 23.2 Å². The van der Waals surface area contributed by atoms with Crippen LogP contribution < -0.4 is 15.4 Å². The minimum Gasteiger partial charge on any atom is -0.495 e. The van der Waals surface area contributed by atoms with Crippen molar-refractivity contribution in [2.24, 2.45) is 0 Å². The molecule has 0 saturated carbocycles. The van der Waals surface area contributed by atoms with Crippen molar-refractivity contribution in [3.8, 4) is 5.75 Å².